The highest BCUT2D eigenvalue weighted by atomic mass is 32.2. The monoisotopic (exact) mass is 514 g/mol. The predicted molar refractivity (Wildman–Crippen MR) is 140 cm³/mol. The van der Waals surface area contributed by atoms with Gasteiger partial charge >= 0.3 is 0 Å². The van der Waals surface area contributed by atoms with Crippen molar-refractivity contribution >= 4 is 32.3 Å². The molecule has 37 heavy (non-hydrogen) atoms. The van der Waals surface area contributed by atoms with Crippen molar-refractivity contribution in [1.29, 1.82) is 0 Å². The summed E-state index contributed by atoms with van der Waals surface area (Å²) in [7, 11) is -4.80. The number of rotatable bonds is 5. The van der Waals surface area contributed by atoms with Crippen LogP contribution in [0.15, 0.2) is 94.0 Å². The molecule has 9 nitrogen and oxygen atoms in total. The molecular weight excluding hydrogens is 492 g/mol. The van der Waals surface area contributed by atoms with E-state index in [2.05, 4.69) is 15.3 Å². The molecule has 0 aliphatic carbocycles. The summed E-state index contributed by atoms with van der Waals surface area (Å²) in [5.41, 5.74) is 3.07. The van der Waals surface area contributed by atoms with E-state index in [1.165, 1.54) is 16.8 Å². The van der Waals surface area contributed by atoms with Gasteiger partial charge in [-0.15, -0.1) is 10.2 Å². The lowest BCUT2D eigenvalue weighted by atomic mass is 10.1. The molecule has 3 N–H and O–H groups in total. The van der Waals surface area contributed by atoms with Crippen molar-refractivity contribution in [2.24, 2.45) is 10.2 Å². The van der Waals surface area contributed by atoms with Gasteiger partial charge in [-0.25, -0.2) is 0 Å². The summed E-state index contributed by atoms with van der Waals surface area (Å²) < 4.78 is 35.9. The quantitative estimate of drug-likeness (QED) is 0.184. The topological polar surface area (TPSA) is 137 Å². The molecule has 1 aromatic heterocycles. The number of benzene rings is 4. The van der Waals surface area contributed by atoms with Crippen molar-refractivity contribution in [3.8, 4) is 28.6 Å². The molecule has 0 aliphatic rings. The van der Waals surface area contributed by atoms with E-state index in [1.54, 1.807) is 48.5 Å². The molecule has 0 bridgehead atoms. The Morgan fingerprint density at radius 1 is 0.811 bits per heavy atom. The zero-order chi connectivity index (χ0) is 26.3. The molecule has 0 amide bonds. The molecular formula is C27H22N4O5S. The van der Waals surface area contributed by atoms with Crippen LogP contribution in [-0.2, 0) is 10.1 Å². The molecule has 0 atom stereocenters. The van der Waals surface area contributed by atoms with Crippen LogP contribution in [0.1, 0.15) is 11.1 Å². The highest BCUT2D eigenvalue weighted by Crippen LogP contribution is 2.44. The minimum atomic E-state index is -4.80. The Bertz CT molecular complexity index is 1800. The number of aromatic nitrogens is 2. The van der Waals surface area contributed by atoms with E-state index in [0.717, 1.165) is 11.1 Å². The zero-order valence-electron chi connectivity index (χ0n) is 19.9. The number of phenolic OH excluding ortho intramolecular Hbond substituents is 1. The first-order valence-corrected chi connectivity index (χ1v) is 12.7. The highest BCUT2D eigenvalue weighted by Gasteiger charge is 2.25. The van der Waals surface area contributed by atoms with Crippen molar-refractivity contribution in [2.75, 3.05) is 0 Å². The Kier molecular flexibility index (Phi) is 5.98. The lowest BCUT2D eigenvalue weighted by molar-refractivity contribution is 0.434. The smallest absolute Gasteiger partial charge is 0.297 e. The Hall–Kier alpha value is -4.54. The summed E-state index contributed by atoms with van der Waals surface area (Å²) in [6.07, 6.45) is 0. The van der Waals surface area contributed by atoms with E-state index in [9.17, 15) is 23.2 Å². The molecule has 0 unspecified atom stereocenters. The van der Waals surface area contributed by atoms with Crippen LogP contribution in [-0.4, -0.2) is 33.0 Å². The van der Waals surface area contributed by atoms with Crippen LogP contribution >= 0.6 is 0 Å². The molecule has 186 valence electrons. The summed E-state index contributed by atoms with van der Waals surface area (Å²) in [4.78, 5) is -0.589. The molecule has 1 heterocycles. The van der Waals surface area contributed by atoms with Crippen molar-refractivity contribution in [3.05, 3.63) is 90.0 Å². The average molecular weight is 515 g/mol. The molecule has 0 aliphatic heterocycles. The van der Waals surface area contributed by atoms with Gasteiger partial charge in [0.1, 0.15) is 22.0 Å². The first-order valence-electron chi connectivity index (χ1n) is 11.2. The number of nitrogens with zero attached hydrogens (tertiary/aromatic N) is 4. The van der Waals surface area contributed by atoms with Gasteiger partial charge < -0.3 is 10.2 Å². The number of hydrogen-bond donors (Lipinski definition) is 3. The molecule has 10 heteroatoms. The minimum absolute atomic E-state index is 0.0433. The van der Waals surface area contributed by atoms with Gasteiger partial charge in [-0.05, 0) is 48.6 Å². The first kappa shape index (κ1) is 24.2. The van der Waals surface area contributed by atoms with Crippen LogP contribution < -0.4 is 0 Å². The molecule has 0 saturated heterocycles. The van der Waals surface area contributed by atoms with Gasteiger partial charge in [0.05, 0.1) is 5.69 Å². The number of fused-ring (bicyclic) bond motifs is 1. The first-order chi connectivity index (χ1) is 17.6. The Labute approximate surface area is 212 Å². The van der Waals surface area contributed by atoms with Crippen LogP contribution in [0.4, 0.5) is 11.4 Å². The van der Waals surface area contributed by atoms with Gasteiger partial charge in [-0.2, -0.15) is 18.2 Å². The summed E-state index contributed by atoms with van der Waals surface area (Å²) in [6.45, 7) is 3.91. The summed E-state index contributed by atoms with van der Waals surface area (Å²) in [5.74, 6) is -0.836. The van der Waals surface area contributed by atoms with Crippen LogP contribution in [0, 0.1) is 13.8 Å². The van der Waals surface area contributed by atoms with Crippen LogP contribution in [0.5, 0.6) is 11.6 Å². The van der Waals surface area contributed by atoms with Gasteiger partial charge in [-0.3, -0.25) is 4.55 Å². The molecule has 0 spiro atoms. The van der Waals surface area contributed by atoms with Crippen molar-refractivity contribution in [2.45, 2.75) is 18.7 Å². The van der Waals surface area contributed by atoms with Crippen LogP contribution in [0.3, 0.4) is 0 Å². The largest absolute Gasteiger partial charge is 0.506 e. The number of aromatic hydroxyl groups is 2. The van der Waals surface area contributed by atoms with Crippen molar-refractivity contribution < 1.29 is 23.2 Å². The van der Waals surface area contributed by atoms with Crippen LogP contribution in [0.2, 0.25) is 0 Å². The minimum Gasteiger partial charge on any atom is -0.506 e. The maximum Gasteiger partial charge on any atom is 0.297 e. The number of aryl methyl sites for hydroxylation is 2. The fourth-order valence-corrected chi connectivity index (χ4v) is 4.92. The van der Waals surface area contributed by atoms with Gasteiger partial charge in [0, 0.05) is 10.9 Å². The third-order valence-electron chi connectivity index (χ3n) is 6.08. The van der Waals surface area contributed by atoms with Gasteiger partial charge in [0.15, 0.2) is 5.69 Å². The summed E-state index contributed by atoms with van der Waals surface area (Å²) in [6, 6.07) is 22.2. The average Bonchev–Trinajstić information content (AvgIpc) is 3.20. The number of azo groups is 1. The fraction of sp³-hybridized carbons (Fsp3) is 0.0741. The van der Waals surface area contributed by atoms with E-state index >= 15 is 0 Å². The second-order valence-electron chi connectivity index (χ2n) is 8.54. The Morgan fingerprint density at radius 3 is 2.19 bits per heavy atom. The van der Waals surface area contributed by atoms with Gasteiger partial charge in [0.25, 0.3) is 10.1 Å². The zero-order valence-corrected chi connectivity index (χ0v) is 20.7. The maximum atomic E-state index is 12.3. The van der Waals surface area contributed by atoms with E-state index < -0.39 is 26.5 Å². The van der Waals surface area contributed by atoms with E-state index in [-0.39, 0.29) is 22.6 Å². The standard InChI is InChI=1S/C27H22N4O5S/c1-16-12-13-20(14-17(16)2)31-27(33)25(23(30-31)18-8-4-3-5-9-18)29-28-24-22(32)15-19-10-6-7-11-21(19)26(24)37(34,35)36/h3-15,32-33H,1-2H3,(H,34,35,36). The third kappa shape index (κ3) is 4.44. The molecule has 5 aromatic rings. The predicted octanol–water partition coefficient (Wildman–Crippen LogP) is 6.38. The summed E-state index contributed by atoms with van der Waals surface area (Å²) in [5, 5.41) is 35.0. The van der Waals surface area contributed by atoms with E-state index in [4.69, 9.17) is 0 Å². The second kappa shape index (κ2) is 9.16. The number of hydrogen-bond acceptors (Lipinski definition) is 7. The maximum absolute atomic E-state index is 12.3. The van der Waals surface area contributed by atoms with Crippen LogP contribution in [0.25, 0.3) is 27.7 Å². The molecule has 0 fully saturated rings. The lowest BCUT2D eigenvalue weighted by Crippen LogP contribution is -2.00. The fourth-order valence-electron chi connectivity index (χ4n) is 4.07. The molecule has 0 radical (unpaired) electrons. The second-order valence-corrected chi connectivity index (χ2v) is 9.90. The molecule has 4 aromatic carbocycles. The Morgan fingerprint density at radius 2 is 1.49 bits per heavy atom. The number of phenols is 1. The Balaban J connectivity index is 1.74. The normalized spacial score (nSPS) is 12.0. The van der Waals surface area contributed by atoms with Crippen molar-refractivity contribution in [3.63, 3.8) is 0 Å². The third-order valence-corrected chi connectivity index (χ3v) is 7.01. The van der Waals surface area contributed by atoms with E-state index in [1.807, 2.05) is 32.0 Å². The van der Waals surface area contributed by atoms with Gasteiger partial charge in [-0.1, -0.05) is 60.7 Å². The lowest BCUT2D eigenvalue weighted by Gasteiger charge is -2.09. The van der Waals surface area contributed by atoms with E-state index in [0.29, 0.717) is 16.6 Å². The SMILES string of the molecule is Cc1ccc(-n2nc(-c3ccccc3)c(N=Nc3c(O)cc4ccccc4c3S(=O)(=O)O)c2O)cc1C. The van der Waals surface area contributed by atoms with Gasteiger partial charge in [0.2, 0.25) is 5.88 Å². The molecule has 0 saturated carbocycles. The molecule has 5 rings (SSSR count). The summed E-state index contributed by atoms with van der Waals surface area (Å²) >= 11 is 0. The van der Waals surface area contributed by atoms with Crippen molar-refractivity contribution in [1.82, 2.24) is 9.78 Å². The highest BCUT2D eigenvalue weighted by molar-refractivity contribution is 7.86.